The molecule has 4 rings (SSSR count). The van der Waals surface area contributed by atoms with Gasteiger partial charge in [0.15, 0.2) is 0 Å². The zero-order chi connectivity index (χ0) is 15.9. The largest absolute Gasteiger partial charge is 0.339 e. The van der Waals surface area contributed by atoms with Crippen LogP contribution in [0.4, 0.5) is 4.79 Å². The minimum atomic E-state index is -0.0135. The Balaban J connectivity index is 1.82. The summed E-state index contributed by atoms with van der Waals surface area (Å²) in [5.41, 5.74) is 1.26. The summed E-state index contributed by atoms with van der Waals surface area (Å²) in [6.07, 6.45) is 0. The molecule has 3 aliphatic heterocycles. The minimum Gasteiger partial charge on any atom is -0.339 e. The van der Waals surface area contributed by atoms with E-state index in [0.29, 0.717) is 19.0 Å². The predicted molar refractivity (Wildman–Crippen MR) is 84.5 cm³/mol. The number of piperazine rings is 1. The van der Waals surface area contributed by atoms with Crippen molar-refractivity contribution in [2.24, 2.45) is 0 Å². The molecule has 22 heavy (non-hydrogen) atoms. The fourth-order valence-corrected chi connectivity index (χ4v) is 3.68. The summed E-state index contributed by atoms with van der Waals surface area (Å²) >= 11 is 0. The van der Waals surface area contributed by atoms with Gasteiger partial charge in [-0.25, -0.2) is 4.79 Å². The van der Waals surface area contributed by atoms with Gasteiger partial charge in [0.2, 0.25) is 5.91 Å². The second-order valence-corrected chi connectivity index (χ2v) is 6.51. The quantitative estimate of drug-likeness (QED) is 0.905. The average molecular weight is 301 g/mol. The molecule has 1 N–H and O–H groups in total. The molecular weight excluding hydrogens is 278 g/mol. The summed E-state index contributed by atoms with van der Waals surface area (Å²) < 4.78 is 0. The Labute approximate surface area is 131 Å². The molecule has 1 unspecified atom stereocenters. The van der Waals surface area contributed by atoms with Crippen molar-refractivity contribution >= 4 is 11.9 Å². The van der Waals surface area contributed by atoms with E-state index < -0.39 is 0 Å². The highest BCUT2D eigenvalue weighted by Gasteiger charge is 2.56. The molecule has 0 spiro atoms. The summed E-state index contributed by atoms with van der Waals surface area (Å²) in [6.45, 7) is 6.77. The van der Waals surface area contributed by atoms with Crippen LogP contribution in [0.1, 0.15) is 32.3 Å². The lowest BCUT2D eigenvalue weighted by molar-refractivity contribution is -0.140. The van der Waals surface area contributed by atoms with Crippen LogP contribution in [0, 0.1) is 0 Å². The average Bonchev–Trinajstić information content (AvgIpc) is 2.47. The van der Waals surface area contributed by atoms with E-state index in [2.05, 4.69) is 17.4 Å². The lowest BCUT2D eigenvalue weighted by Gasteiger charge is -2.61. The lowest BCUT2D eigenvalue weighted by Crippen LogP contribution is -2.76. The number of nitrogens with one attached hydrogen (secondary N) is 1. The van der Waals surface area contributed by atoms with Gasteiger partial charge >= 0.3 is 6.03 Å². The van der Waals surface area contributed by atoms with Gasteiger partial charge in [0.25, 0.3) is 0 Å². The zero-order valence-electron chi connectivity index (χ0n) is 13.3. The van der Waals surface area contributed by atoms with E-state index in [1.54, 1.807) is 6.92 Å². The van der Waals surface area contributed by atoms with Crippen LogP contribution < -0.4 is 5.32 Å². The number of rotatable bonds is 2. The second-order valence-electron chi connectivity index (χ2n) is 6.51. The molecule has 0 aromatic heterocycles. The van der Waals surface area contributed by atoms with Crippen molar-refractivity contribution in [2.45, 2.75) is 44.8 Å². The molecule has 0 aliphatic carbocycles. The summed E-state index contributed by atoms with van der Waals surface area (Å²) in [5.74, 6) is 0.417. The van der Waals surface area contributed by atoms with Crippen LogP contribution in [-0.4, -0.2) is 53.0 Å². The highest BCUT2D eigenvalue weighted by molar-refractivity contribution is 5.79. The summed E-state index contributed by atoms with van der Waals surface area (Å²) in [7, 11) is 0. The Morgan fingerprint density at radius 2 is 1.73 bits per heavy atom. The summed E-state index contributed by atoms with van der Waals surface area (Å²) in [4.78, 5) is 27.9. The number of amides is 3. The zero-order valence-corrected chi connectivity index (χ0v) is 13.3. The molecule has 5 nitrogen and oxygen atoms in total. The molecule has 0 radical (unpaired) electrons. The topological polar surface area (TPSA) is 52.7 Å². The maximum Gasteiger partial charge on any atom is 0.318 e. The van der Waals surface area contributed by atoms with Crippen LogP contribution in [0.2, 0.25) is 0 Å². The van der Waals surface area contributed by atoms with Gasteiger partial charge in [-0.15, -0.1) is 0 Å². The number of carbonyl (C=O) groups is 2. The van der Waals surface area contributed by atoms with Crippen LogP contribution in [0.3, 0.4) is 0 Å². The van der Waals surface area contributed by atoms with E-state index in [-0.39, 0.29) is 30.1 Å². The molecule has 118 valence electrons. The highest BCUT2D eigenvalue weighted by atomic mass is 16.2. The van der Waals surface area contributed by atoms with Gasteiger partial charge in [0.1, 0.15) is 0 Å². The van der Waals surface area contributed by atoms with Crippen molar-refractivity contribution in [2.75, 3.05) is 13.1 Å². The third kappa shape index (κ3) is 2.45. The van der Waals surface area contributed by atoms with E-state index in [9.17, 15) is 9.59 Å². The number of nitrogens with zero attached hydrogens (tertiary/aromatic N) is 2. The number of hydrogen-bond acceptors (Lipinski definition) is 2. The maximum atomic E-state index is 12.4. The van der Waals surface area contributed by atoms with Gasteiger partial charge in [-0.2, -0.15) is 0 Å². The first-order valence-corrected chi connectivity index (χ1v) is 7.88. The van der Waals surface area contributed by atoms with Crippen LogP contribution in [0.15, 0.2) is 30.3 Å². The van der Waals surface area contributed by atoms with E-state index in [4.69, 9.17) is 0 Å². The number of hydrogen-bond donors (Lipinski definition) is 1. The molecule has 2 bridgehead atoms. The van der Waals surface area contributed by atoms with Crippen molar-refractivity contribution in [3.63, 3.8) is 0 Å². The number of urea groups is 1. The predicted octanol–water partition coefficient (Wildman–Crippen LogP) is 1.80. The Bertz CT molecular complexity index is 559. The highest BCUT2D eigenvalue weighted by Crippen LogP contribution is 2.44. The molecule has 3 amide bonds. The van der Waals surface area contributed by atoms with Gasteiger partial charge in [0.05, 0.1) is 12.1 Å². The van der Waals surface area contributed by atoms with Crippen molar-refractivity contribution in [3.8, 4) is 0 Å². The molecule has 0 saturated carbocycles. The fourth-order valence-electron chi connectivity index (χ4n) is 3.68. The first-order chi connectivity index (χ1) is 10.5. The molecule has 3 aliphatic rings. The van der Waals surface area contributed by atoms with Crippen molar-refractivity contribution in [3.05, 3.63) is 35.9 Å². The molecular formula is C17H23N3O2. The van der Waals surface area contributed by atoms with Crippen molar-refractivity contribution in [1.82, 2.24) is 15.1 Å². The summed E-state index contributed by atoms with van der Waals surface area (Å²) in [6, 6.07) is 10.6. The van der Waals surface area contributed by atoms with Crippen molar-refractivity contribution in [1.29, 1.82) is 0 Å². The van der Waals surface area contributed by atoms with Crippen LogP contribution in [0.5, 0.6) is 0 Å². The standard InChI is InChI=1S/C17H23N3O2/c1-11(2)18-17(22)20-14-9-19(12(3)21)10-15(20)16(14)13-7-5-4-6-8-13/h4-8,11,14-16H,9-10H2,1-3H3,(H,18,22)/t14-,15+,16?. The van der Waals surface area contributed by atoms with Crippen LogP contribution in [0.25, 0.3) is 0 Å². The molecule has 5 heteroatoms. The lowest BCUT2D eigenvalue weighted by atomic mass is 9.72. The van der Waals surface area contributed by atoms with Gasteiger partial charge in [-0.1, -0.05) is 30.3 Å². The minimum absolute atomic E-state index is 0.0135. The monoisotopic (exact) mass is 301 g/mol. The Hall–Kier alpha value is -2.04. The first-order valence-electron chi connectivity index (χ1n) is 7.88. The van der Waals surface area contributed by atoms with Crippen LogP contribution >= 0.6 is 0 Å². The van der Waals surface area contributed by atoms with Crippen molar-refractivity contribution < 1.29 is 9.59 Å². The molecule has 3 saturated heterocycles. The number of fused-ring (bicyclic) bond motifs is 2. The third-order valence-electron chi connectivity index (χ3n) is 4.64. The fraction of sp³-hybridized carbons (Fsp3) is 0.529. The Morgan fingerprint density at radius 1 is 1.14 bits per heavy atom. The smallest absolute Gasteiger partial charge is 0.318 e. The SMILES string of the molecule is CC(=O)N1C[C@@H]2C(c3ccccc3)[C@H](C1)N2C(=O)NC(C)C. The molecule has 3 heterocycles. The first kappa shape index (κ1) is 14.9. The van der Waals surface area contributed by atoms with E-state index in [0.717, 1.165) is 0 Å². The third-order valence-corrected chi connectivity index (χ3v) is 4.64. The Kier molecular flexibility index (Phi) is 3.81. The molecule has 3 fully saturated rings. The number of benzene rings is 1. The van der Waals surface area contributed by atoms with Gasteiger partial charge in [0, 0.05) is 32.0 Å². The van der Waals surface area contributed by atoms with Gasteiger partial charge in [-0.3, -0.25) is 4.79 Å². The van der Waals surface area contributed by atoms with Crippen LogP contribution in [-0.2, 0) is 4.79 Å². The number of piperidine rings is 1. The normalized spacial score (nSPS) is 26.6. The Morgan fingerprint density at radius 3 is 2.23 bits per heavy atom. The number of carbonyl (C=O) groups excluding carboxylic acids is 2. The summed E-state index contributed by atoms with van der Waals surface area (Å²) in [5, 5.41) is 2.97. The van der Waals surface area contributed by atoms with Gasteiger partial charge in [-0.05, 0) is 19.4 Å². The van der Waals surface area contributed by atoms with Gasteiger partial charge < -0.3 is 15.1 Å². The molecule has 1 aromatic carbocycles. The van der Waals surface area contributed by atoms with E-state index in [1.165, 1.54) is 5.56 Å². The maximum absolute atomic E-state index is 12.4. The molecule has 1 aromatic rings. The second kappa shape index (κ2) is 5.63. The van der Waals surface area contributed by atoms with E-state index >= 15 is 0 Å². The molecule has 3 atom stereocenters. The van der Waals surface area contributed by atoms with E-state index in [1.807, 2.05) is 41.8 Å².